The van der Waals surface area contributed by atoms with Gasteiger partial charge < -0.3 is 10.6 Å². The van der Waals surface area contributed by atoms with Crippen LogP contribution in [0.15, 0.2) is 47.5 Å². The summed E-state index contributed by atoms with van der Waals surface area (Å²) in [6, 6.07) is 11.4. The molecule has 0 saturated carbocycles. The van der Waals surface area contributed by atoms with Crippen molar-refractivity contribution in [3.8, 4) is 0 Å². The summed E-state index contributed by atoms with van der Waals surface area (Å²) in [5.41, 5.74) is 3.55. The second-order valence-corrected chi connectivity index (χ2v) is 7.95. The Kier molecular flexibility index (Phi) is 7.33. The lowest BCUT2D eigenvalue weighted by molar-refractivity contribution is 0.256. The van der Waals surface area contributed by atoms with Crippen LogP contribution in [0.4, 0.5) is 22.1 Å². The molecule has 2 aromatic carbocycles. The van der Waals surface area contributed by atoms with Gasteiger partial charge in [-0.2, -0.15) is 4.99 Å². The number of aryl methyl sites for hydroxylation is 3. The number of hydrogen-bond donors (Lipinski definition) is 3. The van der Waals surface area contributed by atoms with E-state index in [2.05, 4.69) is 30.9 Å². The Labute approximate surface area is 194 Å². The first-order valence-corrected chi connectivity index (χ1v) is 10.3. The van der Waals surface area contributed by atoms with Crippen LogP contribution in [-0.2, 0) is 0 Å². The molecule has 160 valence electrons. The topological polar surface area (TPSA) is 91.3 Å². The molecule has 0 bridgehead atoms. The number of hydrogen-bond acceptors (Lipinski definition) is 4. The lowest BCUT2D eigenvalue weighted by atomic mass is 10.2. The number of guanidine groups is 1. The molecule has 0 aliphatic rings. The molecule has 0 fully saturated rings. The van der Waals surface area contributed by atoms with Crippen molar-refractivity contribution < 1.29 is 4.79 Å². The summed E-state index contributed by atoms with van der Waals surface area (Å²) in [6.45, 7) is 5.58. The molecule has 0 aliphatic carbocycles. The standard InChI is InChI=1S/C21H19Cl3N6O/c1-11-4-5-14(22)9-18(11)28-20(29-19-25-12(2)8-13(3)26-19)30-21(31)27-15-6-7-16(23)17(24)10-15/h4-10H,1-3H3,(H3,25,26,27,28,29,30,31). The number of benzene rings is 2. The summed E-state index contributed by atoms with van der Waals surface area (Å²) in [4.78, 5) is 25.6. The van der Waals surface area contributed by atoms with Crippen LogP contribution >= 0.6 is 34.8 Å². The fraction of sp³-hybridized carbons (Fsp3) is 0.143. The van der Waals surface area contributed by atoms with Crippen LogP contribution < -0.4 is 16.0 Å². The predicted octanol–water partition coefficient (Wildman–Crippen LogP) is 6.28. The zero-order valence-electron chi connectivity index (χ0n) is 16.9. The Morgan fingerprint density at radius 1 is 0.871 bits per heavy atom. The minimum atomic E-state index is -0.548. The van der Waals surface area contributed by atoms with Crippen molar-refractivity contribution in [3.05, 3.63) is 74.5 Å². The van der Waals surface area contributed by atoms with Crippen LogP contribution in [0.25, 0.3) is 0 Å². The lowest BCUT2D eigenvalue weighted by Gasteiger charge is -2.14. The van der Waals surface area contributed by atoms with Crippen LogP contribution in [0.3, 0.4) is 0 Å². The number of carbonyl (C=O) groups excluding carboxylic acids is 1. The molecule has 2 amide bonds. The highest BCUT2D eigenvalue weighted by molar-refractivity contribution is 6.42. The first kappa shape index (κ1) is 22.8. The Morgan fingerprint density at radius 2 is 1.58 bits per heavy atom. The van der Waals surface area contributed by atoms with Crippen LogP contribution in [0.1, 0.15) is 17.0 Å². The summed E-state index contributed by atoms with van der Waals surface area (Å²) in [5.74, 6) is 0.322. The van der Waals surface area contributed by atoms with Crippen molar-refractivity contribution in [1.29, 1.82) is 0 Å². The highest BCUT2D eigenvalue weighted by Gasteiger charge is 2.11. The number of nitrogens with one attached hydrogen (secondary N) is 3. The summed E-state index contributed by atoms with van der Waals surface area (Å²) in [7, 11) is 0. The molecular formula is C21H19Cl3N6O. The molecule has 0 unspecified atom stereocenters. The van der Waals surface area contributed by atoms with E-state index in [-0.39, 0.29) is 11.9 Å². The van der Waals surface area contributed by atoms with Crippen molar-refractivity contribution in [2.24, 2.45) is 4.99 Å². The maximum Gasteiger partial charge on any atom is 0.326 e. The van der Waals surface area contributed by atoms with E-state index >= 15 is 0 Å². The number of amides is 2. The second kappa shape index (κ2) is 9.96. The highest BCUT2D eigenvalue weighted by atomic mass is 35.5. The zero-order chi connectivity index (χ0) is 22.5. The Bertz CT molecular complexity index is 1150. The van der Waals surface area contributed by atoms with Gasteiger partial charge in [0, 0.05) is 27.8 Å². The van der Waals surface area contributed by atoms with Gasteiger partial charge in [-0.15, -0.1) is 0 Å². The van der Waals surface area contributed by atoms with E-state index in [1.54, 1.807) is 30.3 Å². The maximum absolute atomic E-state index is 12.6. The Morgan fingerprint density at radius 3 is 2.26 bits per heavy atom. The molecule has 0 saturated heterocycles. The Hall–Kier alpha value is -2.87. The number of aromatic nitrogens is 2. The third-order valence-corrected chi connectivity index (χ3v) is 5.02. The smallest absolute Gasteiger partial charge is 0.325 e. The van der Waals surface area contributed by atoms with E-state index < -0.39 is 6.03 Å². The number of aliphatic imine (C=N–C) groups is 1. The van der Waals surface area contributed by atoms with Crippen molar-refractivity contribution in [3.63, 3.8) is 0 Å². The van der Waals surface area contributed by atoms with E-state index in [9.17, 15) is 4.79 Å². The molecule has 31 heavy (non-hydrogen) atoms. The molecule has 1 aromatic heterocycles. The number of urea groups is 1. The monoisotopic (exact) mass is 476 g/mol. The molecule has 3 aromatic rings. The summed E-state index contributed by atoms with van der Waals surface area (Å²) in [5, 5.41) is 9.68. The molecule has 0 spiro atoms. The van der Waals surface area contributed by atoms with Gasteiger partial charge in [0.05, 0.1) is 10.0 Å². The van der Waals surface area contributed by atoms with Gasteiger partial charge in [-0.1, -0.05) is 40.9 Å². The molecule has 0 radical (unpaired) electrons. The summed E-state index contributed by atoms with van der Waals surface area (Å²) in [6.07, 6.45) is 0. The first-order valence-electron chi connectivity index (χ1n) is 9.17. The zero-order valence-corrected chi connectivity index (χ0v) is 19.2. The molecule has 1 heterocycles. The fourth-order valence-electron chi connectivity index (χ4n) is 2.64. The van der Waals surface area contributed by atoms with Gasteiger partial charge in [-0.05, 0) is 62.7 Å². The Balaban J connectivity index is 1.88. The van der Waals surface area contributed by atoms with Crippen molar-refractivity contribution in [2.45, 2.75) is 20.8 Å². The first-order chi connectivity index (χ1) is 14.7. The maximum atomic E-state index is 12.6. The van der Waals surface area contributed by atoms with Gasteiger partial charge in [0.1, 0.15) is 0 Å². The van der Waals surface area contributed by atoms with E-state index in [0.29, 0.717) is 26.4 Å². The number of rotatable bonds is 3. The van der Waals surface area contributed by atoms with E-state index in [1.807, 2.05) is 32.9 Å². The van der Waals surface area contributed by atoms with Gasteiger partial charge in [-0.25, -0.2) is 14.8 Å². The average Bonchev–Trinajstić information content (AvgIpc) is 2.66. The summed E-state index contributed by atoms with van der Waals surface area (Å²) < 4.78 is 0. The average molecular weight is 478 g/mol. The van der Waals surface area contributed by atoms with Crippen LogP contribution in [0, 0.1) is 20.8 Å². The number of nitrogens with zero attached hydrogens (tertiary/aromatic N) is 3. The number of halogens is 3. The summed E-state index contributed by atoms with van der Waals surface area (Å²) >= 11 is 18.0. The van der Waals surface area contributed by atoms with Gasteiger partial charge in [0.2, 0.25) is 5.96 Å². The van der Waals surface area contributed by atoms with Crippen molar-refractivity contribution in [2.75, 3.05) is 10.6 Å². The molecule has 0 atom stereocenters. The van der Waals surface area contributed by atoms with Crippen LogP contribution in [-0.4, -0.2) is 22.0 Å². The minimum Gasteiger partial charge on any atom is -0.325 e. The van der Waals surface area contributed by atoms with E-state index in [4.69, 9.17) is 34.8 Å². The minimum absolute atomic E-state index is 0.118. The van der Waals surface area contributed by atoms with E-state index in [1.165, 1.54) is 0 Å². The quantitative estimate of drug-likeness (QED) is 0.306. The number of carbonyl (C=O) groups is 1. The van der Waals surface area contributed by atoms with Gasteiger partial charge in [-0.3, -0.25) is 5.32 Å². The van der Waals surface area contributed by atoms with E-state index in [0.717, 1.165) is 17.0 Å². The highest BCUT2D eigenvalue weighted by Crippen LogP contribution is 2.25. The van der Waals surface area contributed by atoms with Gasteiger partial charge >= 0.3 is 6.03 Å². The molecule has 0 aliphatic heterocycles. The third-order valence-electron chi connectivity index (χ3n) is 4.04. The molecule has 3 rings (SSSR count). The SMILES string of the molecule is Cc1cc(C)nc(N=C(NC(=O)Nc2ccc(Cl)c(Cl)c2)Nc2cc(Cl)ccc2C)n1. The lowest BCUT2D eigenvalue weighted by Crippen LogP contribution is -2.39. The van der Waals surface area contributed by atoms with Gasteiger partial charge in [0.25, 0.3) is 5.95 Å². The largest absolute Gasteiger partial charge is 0.326 e. The molecular weight excluding hydrogens is 459 g/mol. The molecule has 7 nitrogen and oxygen atoms in total. The predicted molar refractivity (Wildman–Crippen MR) is 127 cm³/mol. The van der Waals surface area contributed by atoms with Crippen LogP contribution in [0.5, 0.6) is 0 Å². The molecule has 10 heteroatoms. The van der Waals surface area contributed by atoms with Crippen LogP contribution in [0.2, 0.25) is 15.1 Å². The fourth-order valence-corrected chi connectivity index (χ4v) is 3.11. The van der Waals surface area contributed by atoms with Crippen molar-refractivity contribution in [1.82, 2.24) is 15.3 Å². The number of anilines is 2. The van der Waals surface area contributed by atoms with Crippen molar-refractivity contribution >= 4 is 64.1 Å². The van der Waals surface area contributed by atoms with Gasteiger partial charge in [0.15, 0.2) is 0 Å². The normalized spacial score (nSPS) is 11.2. The molecule has 3 N–H and O–H groups in total. The third kappa shape index (κ3) is 6.55. The second-order valence-electron chi connectivity index (χ2n) is 6.70.